The smallest absolute Gasteiger partial charge is 0.320 e. The van der Waals surface area contributed by atoms with E-state index in [1.165, 1.54) is 6.42 Å². The molecule has 5 aliphatic rings. The predicted octanol–water partition coefficient (Wildman–Crippen LogP) is -0.381. The van der Waals surface area contributed by atoms with Crippen molar-refractivity contribution in [3.05, 3.63) is 0 Å². The molecular weight excluding hydrogens is 344 g/mol. The quantitative estimate of drug-likeness (QED) is 0.460. The SMILES string of the molecule is CN1CCCCOC2CCNC3NC(=O)N(C4CCC5NCCC1C5N4)C32. The van der Waals surface area contributed by atoms with Crippen LogP contribution in [0.5, 0.6) is 0 Å². The molecule has 0 saturated carbocycles. The summed E-state index contributed by atoms with van der Waals surface area (Å²) < 4.78 is 6.32. The summed E-state index contributed by atoms with van der Waals surface area (Å²) in [5.41, 5.74) is 0. The molecule has 2 bridgehead atoms. The topological polar surface area (TPSA) is 80.9 Å². The van der Waals surface area contributed by atoms with E-state index in [1.807, 2.05) is 0 Å². The Morgan fingerprint density at radius 3 is 2.89 bits per heavy atom. The lowest BCUT2D eigenvalue weighted by Crippen LogP contribution is -2.71. The van der Waals surface area contributed by atoms with Gasteiger partial charge in [-0.25, -0.2) is 4.79 Å². The molecule has 0 aromatic carbocycles. The fourth-order valence-electron chi connectivity index (χ4n) is 5.96. The van der Waals surface area contributed by atoms with Gasteiger partial charge < -0.3 is 25.2 Å². The van der Waals surface area contributed by atoms with E-state index >= 15 is 0 Å². The zero-order valence-electron chi connectivity index (χ0n) is 16.3. The van der Waals surface area contributed by atoms with E-state index in [2.05, 4.69) is 38.1 Å². The van der Waals surface area contributed by atoms with Gasteiger partial charge in [-0.15, -0.1) is 0 Å². The first-order valence-electron chi connectivity index (χ1n) is 10.9. The molecule has 0 aromatic rings. The van der Waals surface area contributed by atoms with Crippen molar-refractivity contribution in [1.82, 2.24) is 31.1 Å². The van der Waals surface area contributed by atoms with Crippen LogP contribution in [0, 0.1) is 0 Å². The number of urea groups is 1. The lowest BCUT2D eigenvalue weighted by molar-refractivity contribution is -0.0404. The maximum absolute atomic E-state index is 12.9. The van der Waals surface area contributed by atoms with Gasteiger partial charge in [0.1, 0.15) is 6.17 Å². The molecule has 7 unspecified atom stereocenters. The molecule has 152 valence electrons. The second-order valence-corrected chi connectivity index (χ2v) is 8.87. The van der Waals surface area contributed by atoms with Crippen LogP contribution in [0.4, 0.5) is 4.79 Å². The number of carbonyl (C=O) groups is 1. The summed E-state index contributed by atoms with van der Waals surface area (Å²) in [7, 11) is 2.27. The van der Waals surface area contributed by atoms with Crippen molar-refractivity contribution in [1.29, 1.82) is 0 Å². The van der Waals surface area contributed by atoms with E-state index in [-0.39, 0.29) is 30.5 Å². The minimum absolute atomic E-state index is 0.00357. The summed E-state index contributed by atoms with van der Waals surface area (Å²) in [5, 5.41) is 14.3. The van der Waals surface area contributed by atoms with Crippen molar-refractivity contribution in [2.24, 2.45) is 0 Å². The molecule has 8 heteroatoms. The Kier molecular flexibility index (Phi) is 5.02. The number of rotatable bonds is 0. The van der Waals surface area contributed by atoms with Crippen LogP contribution in [0.15, 0.2) is 0 Å². The summed E-state index contributed by atoms with van der Waals surface area (Å²) >= 11 is 0. The lowest BCUT2D eigenvalue weighted by Gasteiger charge is -2.50. The van der Waals surface area contributed by atoms with E-state index in [4.69, 9.17) is 4.74 Å². The molecule has 5 aliphatic heterocycles. The van der Waals surface area contributed by atoms with Gasteiger partial charge in [-0.05, 0) is 65.2 Å². The highest BCUT2D eigenvalue weighted by atomic mass is 16.5. The molecule has 5 rings (SSSR count). The maximum atomic E-state index is 12.9. The molecule has 8 nitrogen and oxygen atoms in total. The third-order valence-corrected chi connectivity index (χ3v) is 7.32. The Bertz CT molecular complexity index is 562. The fourth-order valence-corrected chi connectivity index (χ4v) is 5.96. The van der Waals surface area contributed by atoms with E-state index < -0.39 is 0 Å². The molecular formula is C19H34N6O2. The Balaban J connectivity index is 1.45. The number of nitrogens with one attached hydrogen (secondary N) is 4. The largest absolute Gasteiger partial charge is 0.376 e. The first-order chi connectivity index (χ1) is 13.2. The van der Waals surface area contributed by atoms with Gasteiger partial charge in [-0.2, -0.15) is 0 Å². The minimum Gasteiger partial charge on any atom is -0.376 e. The number of hydrogen-bond donors (Lipinski definition) is 4. The van der Waals surface area contributed by atoms with Gasteiger partial charge in [0.05, 0.1) is 18.3 Å². The minimum atomic E-state index is 0.00357. The van der Waals surface area contributed by atoms with Crippen LogP contribution in [-0.2, 0) is 4.74 Å². The van der Waals surface area contributed by atoms with Crippen LogP contribution in [0.25, 0.3) is 0 Å². The van der Waals surface area contributed by atoms with Gasteiger partial charge in [-0.1, -0.05) is 0 Å². The van der Waals surface area contributed by atoms with Gasteiger partial charge >= 0.3 is 6.03 Å². The van der Waals surface area contributed by atoms with Gasteiger partial charge in [-0.3, -0.25) is 10.6 Å². The number of hydrogen-bond acceptors (Lipinski definition) is 6. The molecule has 0 spiro atoms. The fraction of sp³-hybridized carbons (Fsp3) is 0.947. The zero-order chi connectivity index (χ0) is 18.4. The van der Waals surface area contributed by atoms with Crippen LogP contribution < -0.4 is 21.3 Å². The number of piperidine rings is 3. The Labute approximate surface area is 161 Å². The highest BCUT2D eigenvalue weighted by Crippen LogP contribution is 2.31. The monoisotopic (exact) mass is 378 g/mol. The van der Waals surface area contributed by atoms with Crippen molar-refractivity contribution < 1.29 is 9.53 Å². The van der Waals surface area contributed by atoms with Gasteiger partial charge in [0, 0.05) is 24.7 Å². The van der Waals surface area contributed by atoms with Crippen molar-refractivity contribution in [2.45, 2.75) is 81.1 Å². The molecule has 27 heavy (non-hydrogen) atoms. The highest BCUT2D eigenvalue weighted by Gasteiger charge is 2.51. The first kappa shape index (κ1) is 18.1. The van der Waals surface area contributed by atoms with Crippen molar-refractivity contribution in [2.75, 3.05) is 33.3 Å². The van der Waals surface area contributed by atoms with Crippen molar-refractivity contribution in [3.8, 4) is 0 Å². The third-order valence-electron chi connectivity index (χ3n) is 7.32. The zero-order valence-corrected chi connectivity index (χ0v) is 16.3. The number of likely N-dealkylation sites (N-methyl/N-ethyl adjacent to an activating group) is 1. The van der Waals surface area contributed by atoms with Crippen molar-refractivity contribution >= 4 is 6.03 Å². The average Bonchev–Trinajstić information content (AvgIpc) is 3.03. The second-order valence-electron chi connectivity index (χ2n) is 8.87. The predicted molar refractivity (Wildman–Crippen MR) is 102 cm³/mol. The van der Waals surface area contributed by atoms with Crippen LogP contribution in [0.2, 0.25) is 0 Å². The molecule has 5 heterocycles. The number of amides is 2. The molecule has 7 atom stereocenters. The van der Waals surface area contributed by atoms with Crippen LogP contribution in [0.1, 0.15) is 38.5 Å². The molecule has 5 saturated heterocycles. The molecule has 5 fully saturated rings. The van der Waals surface area contributed by atoms with Crippen LogP contribution in [0.3, 0.4) is 0 Å². The maximum Gasteiger partial charge on any atom is 0.320 e. The van der Waals surface area contributed by atoms with Gasteiger partial charge in [0.15, 0.2) is 0 Å². The van der Waals surface area contributed by atoms with E-state index in [9.17, 15) is 4.79 Å². The van der Waals surface area contributed by atoms with Crippen LogP contribution in [-0.4, -0.2) is 91.7 Å². The van der Waals surface area contributed by atoms with E-state index in [0.29, 0.717) is 18.1 Å². The number of nitrogens with zero attached hydrogens (tertiary/aromatic N) is 2. The van der Waals surface area contributed by atoms with Crippen LogP contribution >= 0.6 is 0 Å². The van der Waals surface area contributed by atoms with E-state index in [1.54, 1.807) is 0 Å². The molecule has 2 amide bonds. The second kappa shape index (κ2) is 7.48. The summed E-state index contributed by atoms with van der Waals surface area (Å²) in [5.74, 6) is 0. The normalized spacial score (nSPS) is 45.9. The van der Waals surface area contributed by atoms with Gasteiger partial charge in [0.25, 0.3) is 0 Å². The molecule has 0 aliphatic carbocycles. The molecule has 0 radical (unpaired) electrons. The first-order valence-corrected chi connectivity index (χ1v) is 10.9. The third kappa shape index (κ3) is 3.25. The van der Waals surface area contributed by atoms with E-state index in [0.717, 1.165) is 58.3 Å². The van der Waals surface area contributed by atoms with Gasteiger partial charge in [0.2, 0.25) is 0 Å². The lowest BCUT2D eigenvalue weighted by atomic mass is 9.85. The Morgan fingerprint density at radius 2 is 1.96 bits per heavy atom. The highest BCUT2D eigenvalue weighted by molar-refractivity contribution is 5.78. The molecule has 4 N–H and O–H groups in total. The van der Waals surface area contributed by atoms with Crippen molar-refractivity contribution in [3.63, 3.8) is 0 Å². The number of ether oxygens (including phenoxy) is 1. The standard InChI is InChI=1S/C19H34N6O2/c1-24-10-2-3-11-27-14-7-9-21-18-17(14)25(19(26)23-18)15-5-4-12-16(22-15)13(24)6-8-20-12/h12-18,20-22H,2-11H2,1H3,(H,23,26). The number of fused-ring (bicyclic) bond motifs is 2. The Morgan fingerprint density at radius 1 is 1.07 bits per heavy atom. The summed E-state index contributed by atoms with van der Waals surface area (Å²) in [6, 6.07) is 1.56. The average molecular weight is 379 g/mol. The summed E-state index contributed by atoms with van der Waals surface area (Å²) in [6.07, 6.45) is 6.71. The molecule has 0 aromatic heterocycles. The number of carbonyl (C=O) groups excluding carboxylic acids is 1. The summed E-state index contributed by atoms with van der Waals surface area (Å²) in [6.45, 7) is 3.90. The Hall–Kier alpha value is -0.930. The summed E-state index contributed by atoms with van der Waals surface area (Å²) in [4.78, 5) is 17.5.